The smallest absolute Gasteiger partial charge is 0.336 e. The predicted molar refractivity (Wildman–Crippen MR) is 74.8 cm³/mol. The Kier molecular flexibility index (Phi) is 5.16. The first-order chi connectivity index (χ1) is 10.1. The van der Waals surface area contributed by atoms with Crippen molar-refractivity contribution in [2.45, 2.75) is 18.9 Å². The van der Waals surface area contributed by atoms with Crippen LogP contribution in [0.4, 0.5) is 0 Å². The number of hydrogen-bond donors (Lipinski definition) is 1. The Morgan fingerprint density at radius 1 is 1.43 bits per heavy atom. The number of methoxy groups -OCH3 is 1. The monoisotopic (exact) mass is 293 g/mol. The molecule has 0 aliphatic carbocycles. The second kappa shape index (κ2) is 7.08. The van der Waals surface area contributed by atoms with Crippen LogP contribution in [-0.2, 0) is 25.5 Å². The van der Waals surface area contributed by atoms with Gasteiger partial charge in [0.05, 0.1) is 20.3 Å². The van der Waals surface area contributed by atoms with Crippen molar-refractivity contribution in [2.24, 2.45) is 0 Å². The number of carbonyl (C=O) groups excluding carboxylic acids is 2. The number of carbonyl (C=O) groups is 2. The third kappa shape index (κ3) is 3.95. The van der Waals surface area contributed by atoms with Crippen LogP contribution in [0.15, 0.2) is 24.3 Å². The average Bonchev–Trinajstić information content (AvgIpc) is 2.53. The van der Waals surface area contributed by atoms with Gasteiger partial charge in [-0.05, 0) is 18.1 Å². The SMILES string of the molecule is COC(=O)C1CN(C(=O)CCc2ccccc2O)CCO1. The van der Waals surface area contributed by atoms with Crippen LogP contribution in [0.3, 0.4) is 0 Å². The van der Waals surface area contributed by atoms with Crippen molar-refractivity contribution in [3.8, 4) is 5.75 Å². The lowest BCUT2D eigenvalue weighted by atomic mass is 10.1. The van der Waals surface area contributed by atoms with Gasteiger partial charge in [0.1, 0.15) is 5.75 Å². The summed E-state index contributed by atoms with van der Waals surface area (Å²) in [4.78, 5) is 25.2. The number of esters is 1. The van der Waals surface area contributed by atoms with Crippen molar-refractivity contribution in [2.75, 3.05) is 26.8 Å². The Morgan fingerprint density at radius 3 is 2.90 bits per heavy atom. The van der Waals surface area contributed by atoms with Gasteiger partial charge in [-0.2, -0.15) is 0 Å². The Labute approximate surface area is 123 Å². The highest BCUT2D eigenvalue weighted by Crippen LogP contribution is 2.18. The van der Waals surface area contributed by atoms with E-state index in [2.05, 4.69) is 4.74 Å². The number of rotatable bonds is 4. The third-order valence-corrected chi connectivity index (χ3v) is 3.48. The molecular formula is C15H19NO5. The van der Waals surface area contributed by atoms with Crippen LogP contribution in [0.5, 0.6) is 5.75 Å². The van der Waals surface area contributed by atoms with E-state index in [1.807, 2.05) is 6.07 Å². The Balaban J connectivity index is 1.88. The molecule has 1 aromatic rings. The van der Waals surface area contributed by atoms with Gasteiger partial charge in [0, 0.05) is 13.0 Å². The molecule has 1 aliphatic heterocycles. The number of morpholine rings is 1. The third-order valence-electron chi connectivity index (χ3n) is 3.48. The Hall–Kier alpha value is -2.08. The highest BCUT2D eigenvalue weighted by molar-refractivity contribution is 5.79. The summed E-state index contributed by atoms with van der Waals surface area (Å²) in [6.45, 7) is 1.00. The summed E-state index contributed by atoms with van der Waals surface area (Å²) in [6, 6.07) is 6.95. The van der Waals surface area contributed by atoms with Gasteiger partial charge in [-0.3, -0.25) is 4.79 Å². The molecular weight excluding hydrogens is 274 g/mol. The number of benzene rings is 1. The topological polar surface area (TPSA) is 76.1 Å². The van der Waals surface area contributed by atoms with E-state index in [-0.39, 0.29) is 24.6 Å². The van der Waals surface area contributed by atoms with Crippen LogP contribution < -0.4 is 0 Å². The van der Waals surface area contributed by atoms with Crippen LogP contribution in [0, 0.1) is 0 Å². The van der Waals surface area contributed by atoms with E-state index < -0.39 is 12.1 Å². The van der Waals surface area contributed by atoms with Gasteiger partial charge in [-0.25, -0.2) is 4.79 Å². The second-order valence-electron chi connectivity index (χ2n) is 4.85. The van der Waals surface area contributed by atoms with Crippen molar-refractivity contribution in [3.63, 3.8) is 0 Å². The number of aromatic hydroxyl groups is 1. The number of nitrogens with zero attached hydrogens (tertiary/aromatic N) is 1. The summed E-state index contributed by atoms with van der Waals surface area (Å²) < 4.78 is 9.91. The van der Waals surface area contributed by atoms with Crippen LogP contribution in [0.25, 0.3) is 0 Å². The summed E-state index contributed by atoms with van der Waals surface area (Å²) in [5.41, 5.74) is 0.739. The molecule has 0 aromatic heterocycles. The number of hydrogen-bond acceptors (Lipinski definition) is 5. The van der Waals surface area contributed by atoms with Crippen LogP contribution in [0.1, 0.15) is 12.0 Å². The maximum absolute atomic E-state index is 12.2. The minimum atomic E-state index is -0.710. The first-order valence-electron chi connectivity index (χ1n) is 6.86. The summed E-state index contributed by atoms with van der Waals surface area (Å²) in [6.07, 6.45) is 0.0369. The first kappa shape index (κ1) is 15.3. The quantitative estimate of drug-likeness (QED) is 0.828. The zero-order chi connectivity index (χ0) is 15.2. The fraction of sp³-hybridized carbons (Fsp3) is 0.467. The molecule has 1 atom stereocenters. The standard InChI is InChI=1S/C15H19NO5/c1-20-15(19)13-10-16(8-9-21-13)14(18)7-6-11-4-2-3-5-12(11)17/h2-5,13,17H,6-10H2,1H3. The first-order valence-corrected chi connectivity index (χ1v) is 6.86. The van der Waals surface area contributed by atoms with E-state index in [0.29, 0.717) is 19.6 Å². The summed E-state index contributed by atoms with van der Waals surface area (Å²) in [5.74, 6) is -0.330. The molecule has 114 valence electrons. The molecule has 1 heterocycles. The lowest BCUT2D eigenvalue weighted by Gasteiger charge is -2.31. The lowest BCUT2D eigenvalue weighted by Crippen LogP contribution is -2.48. The van der Waals surface area contributed by atoms with Crippen molar-refractivity contribution in [1.82, 2.24) is 4.90 Å². The van der Waals surface area contributed by atoms with Crippen molar-refractivity contribution in [1.29, 1.82) is 0 Å². The van der Waals surface area contributed by atoms with E-state index in [1.54, 1.807) is 23.1 Å². The van der Waals surface area contributed by atoms with E-state index in [1.165, 1.54) is 7.11 Å². The molecule has 1 aromatic carbocycles. The van der Waals surface area contributed by atoms with E-state index in [9.17, 15) is 14.7 Å². The lowest BCUT2D eigenvalue weighted by molar-refractivity contribution is -0.162. The van der Waals surface area contributed by atoms with Gasteiger partial charge in [0.25, 0.3) is 0 Å². The van der Waals surface area contributed by atoms with Crippen molar-refractivity contribution >= 4 is 11.9 Å². The van der Waals surface area contributed by atoms with Crippen LogP contribution in [0.2, 0.25) is 0 Å². The van der Waals surface area contributed by atoms with Gasteiger partial charge >= 0.3 is 5.97 Å². The van der Waals surface area contributed by atoms with Gasteiger partial charge < -0.3 is 19.5 Å². The minimum absolute atomic E-state index is 0.0598. The van der Waals surface area contributed by atoms with E-state index in [0.717, 1.165) is 5.56 Å². The predicted octanol–water partition coefficient (Wildman–Crippen LogP) is 0.725. The highest BCUT2D eigenvalue weighted by atomic mass is 16.6. The molecule has 1 unspecified atom stereocenters. The zero-order valence-electron chi connectivity index (χ0n) is 11.9. The highest BCUT2D eigenvalue weighted by Gasteiger charge is 2.29. The maximum atomic E-state index is 12.2. The van der Waals surface area contributed by atoms with Crippen LogP contribution >= 0.6 is 0 Å². The molecule has 1 fully saturated rings. The number of phenolic OH excluding ortho intramolecular Hbond substituents is 1. The minimum Gasteiger partial charge on any atom is -0.508 e. The molecule has 6 heteroatoms. The molecule has 6 nitrogen and oxygen atoms in total. The molecule has 0 spiro atoms. The van der Waals surface area contributed by atoms with Crippen molar-refractivity contribution < 1.29 is 24.2 Å². The van der Waals surface area contributed by atoms with Gasteiger partial charge in [0.15, 0.2) is 6.10 Å². The summed E-state index contributed by atoms with van der Waals surface area (Å²) in [7, 11) is 1.30. The van der Waals surface area contributed by atoms with Crippen LogP contribution in [-0.4, -0.2) is 54.8 Å². The van der Waals surface area contributed by atoms with E-state index >= 15 is 0 Å². The fourth-order valence-corrected chi connectivity index (χ4v) is 2.27. The summed E-state index contributed by atoms with van der Waals surface area (Å²) >= 11 is 0. The summed E-state index contributed by atoms with van der Waals surface area (Å²) in [5, 5.41) is 9.67. The number of amides is 1. The normalized spacial score (nSPS) is 18.3. The molecule has 1 amide bonds. The molecule has 1 aliphatic rings. The number of phenols is 1. The molecule has 2 rings (SSSR count). The number of aryl methyl sites for hydroxylation is 1. The molecule has 1 saturated heterocycles. The number of para-hydroxylation sites is 1. The van der Waals surface area contributed by atoms with Gasteiger partial charge in [-0.1, -0.05) is 18.2 Å². The molecule has 0 radical (unpaired) electrons. The largest absolute Gasteiger partial charge is 0.508 e. The Morgan fingerprint density at radius 2 is 2.19 bits per heavy atom. The molecule has 1 N–H and O–H groups in total. The zero-order valence-corrected chi connectivity index (χ0v) is 11.9. The second-order valence-corrected chi connectivity index (χ2v) is 4.85. The number of ether oxygens (including phenoxy) is 2. The maximum Gasteiger partial charge on any atom is 0.336 e. The molecule has 0 bridgehead atoms. The van der Waals surface area contributed by atoms with Gasteiger partial charge in [-0.15, -0.1) is 0 Å². The molecule has 21 heavy (non-hydrogen) atoms. The van der Waals surface area contributed by atoms with Crippen molar-refractivity contribution in [3.05, 3.63) is 29.8 Å². The Bertz CT molecular complexity index is 517. The average molecular weight is 293 g/mol. The van der Waals surface area contributed by atoms with E-state index in [4.69, 9.17) is 4.74 Å². The fourth-order valence-electron chi connectivity index (χ4n) is 2.27. The van der Waals surface area contributed by atoms with Gasteiger partial charge in [0.2, 0.25) is 5.91 Å². The molecule has 0 saturated carbocycles.